The first kappa shape index (κ1) is 25.5. The number of ether oxygens (including phenoxy) is 1. The van der Waals surface area contributed by atoms with Crippen LogP contribution in [0.2, 0.25) is 0 Å². The average molecular weight is 509 g/mol. The zero-order chi connectivity index (χ0) is 26.8. The molecular weight excluding hydrogens is 476 g/mol. The van der Waals surface area contributed by atoms with E-state index in [9.17, 15) is 14.4 Å². The summed E-state index contributed by atoms with van der Waals surface area (Å²) < 4.78 is 4.87. The van der Waals surface area contributed by atoms with Gasteiger partial charge in [-0.3, -0.25) is 14.5 Å². The molecule has 0 aromatic heterocycles. The normalized spacial score (nSPS) is 18.8. The molecule has 5 rings (SSSR count). The van der Waals surface area contributed by atoms with E-state index in [-0.39, 0.29) is 23.5 Å². The second-order valence-electron chi connectivity index (χ2n) is 10.4. The third kappa shape index (κ3) is 4.86. The molecule has 0 saturated carbocycles. The topological polar surface area (TPSA) is 75.7 Å². The molecule has 3 aromatic carbocycles. The number of rotatable bonds is 5. The van der Waals surface area contributed by atoms with Crippen LogP contribution in [0.4, 0.5) is 11.4 Å². The maximum absolute atomic E-state index is 14.0. The van der Waals surface area contributed by atoms with Gasteiger partial charge in [-0.15, -0.1) is 0 Å². The van der Waals surface area contributed by atoms with Gasteiger partial charge in [0.25, 0.3) is 0 Å². The minimum Gasteiger partial charge on any atom is -0.465 e. The molecular formula is C32H32N2O4. The zero-order valence-electron chi connectivity index (χ0n) is 21.9. The van der Waals surface area contributed by atoms with Crippen molar-refractivity contribution in [2.24, 2.45) is 5.92 Å². The minimum atomic E-state index is -0.622. The van der Waals surface area contributed by atoms with Gasteiger partial charge in [-0.25, -0.2) is 4.79 Å². The zero-order valence-corrected chi connectivity index (χ0v) is 21.9. The van der Waals surface area contributed by atoms with Crippen molar-refractivity contribution >= 4 is 29.0 Å². The van der Waals surface area contributed by atoms with E-state index in [0.29, 0.717) is 30.4 Å². The number of carbonyl (C=O) groups excluding carboxylic acids is 3. The Bertz CT molecular complexity index is 1390. The van der Waals surface area contributed by atoms with Crippen molar-refractivity contribution in [2.75, 3.05) is 17.3 Å². The number of ketones is 1. The summed E-state index contributed by atoms with van der Waals surface area (Å²) >= 11 is 0. The van der Waals surface area contributed by atoms with Gasteiger partial charge in [0.05, 0.1) is 30.1 Å². The predicted molar refractivity (Wildman–Crippen MR) is 148 cm³/mol. The number of hydrogen-bond acceptors (Lipinski definition) is 5. The predicted octanol–water partition coefficient (Wildman–Crippen LogP) is 6.42. The Kier molecular flexibility index (Phi) is 7.14. The van der Waals surface area contributed by atoms with Crippen LogP contribution in [0, 0.1) is 5.92 Å². The molecule has 0 spiro atoms. The fraction of sp³-hybridized carbons (Fsp3) is 0.281. The van der Waals surface area contributed by atoms with Gasteiger partial charge in [0.15, 0.2) is 5.78 Å². The molecule has 0 fully saturated rings. The summed E-state index contributed by atoms with van der Waals surface area (Å²) in [4.78, 5) is 41.8. The highest BCUT2D eigenvalue weighted by Gasteiger charge is 2.41. The van der Waals surface area contributed by atoms with Crippen LogP contribution >= 0.6 is 0 Å². The molecule has 2 unspecified atom stereocenters. The Morgan fingerprint density at radius 1 is 0.921 bits per heavy atom. The largest absolute Gasteiger partial charge is 0.465 e. The van der Waals surface area contributed by atoms with Crippen molar-refractivity contribution in [3.05, 3.63) is 107 Å². The van der Waals surface area contributed by atoms with Crippen LogP contribution in [0.5, 0.6) is 0 Å². The van der Waals surface area contributed by atoms with Gasteiger partial charge in [-0.1, -0.05) is 68.4 Å². The molecule has 0 bridgehead atoms. The fourth-order valence-corrected chi connectivity index (χ4v) is 5.51. The van der Waals surface area contributed by atoms with Crippen molar-refractivity contribution in [2.45, 2.75) is 45.1 Å². The van der Waals surface area contributed by atoms with Gasteiger partial charge < -0.3 is 10.1 Å². The standard InChI is InChI=1S/C32H32N2O4/c1-20(2)17-29(36)34-27-12-8-7-11-25(27)33-26-18-24(21-9-5-4-6-10-21)19-28(35)30(26)31(34)22-13-15-23(16-14-22)32(37)38-3/h4-16,20,24,31,33H,17-19H2,1-3H3. The van der Waals surface area contributed by atoms with Gasteiger partial charge in [0.1, 0.15) is 0 Å². The number of Topliss-reactive ketones (excluding diaryl/α,β-unsaturated/α-hetero) is 1. The number of para-hydroxylation sites is 2. The molecule has 0 saturated heterocycles. The molecule has 1 amide bonds. The molecule has 38 heavy (non-hydrogen) atoms. The smallest absolute Gasteiger partial charge is 0.337 e. The molecule has 2 aliphatic rings. The van der Waals surface area contributed by atoms with E-state index < -0.39 is 12.0 Å². The van der Waals surface area contributed by atoms with Crippen LogP contribution in [0.3, 0.4) is 0 Å². The van der Waals surface area contributed by atoms with Crippen LogP contribution in [0.1, 0.15) is 66.6 Å². The average Bonchev–Trinajstić information content (AvgIpc) is 3.07. The number of carbonyl (C=O) groups is 3. The SMILES string of the molecule is COC(=O)c1ccc(C2C3=C(CC(c4ccccc4)CC3=O)Nc3ccccc3N2C(=O)CC(C)C)cc1. The van der Waals surface area contributed by atoms with E-state index in [1.807, 2.05) is 68.4 Å². The monoisotopic (exact) mass is 508 g/mol. The fourth-order valence-electron chi connectivity index (χ4n) is 5.51. The van der Waals surface area contributed by atoms with E-state index in [1.165, 1.54) is 7.11 Å². The van der Waals surface area contributed by atoms with Gasteiger partial charge in [-0.05, 0) is 53.6 Å². The molecule has 1 N–H and O–H groups in total. The van der Waals surface area contributed by atoms with Gasteiger partial charge in [0, 0.05) is 24.1 Å². The number of nitrogens with zero attached hydrogens (tertiary/aromatic N) is 1. The van der Waals surface area contributed by atoms with Crippen molar-refractivity contribution in [3.8, 4) is 0 Å². The van der Waals surface area contributed by atoms with Gasteiger partial charge in [0.2, 0.25) is 5.91 Å². The molecule has 3 aromatic rings. The molecule has 1 aliphatic carbocycles. The number of anilines is 2. The highest BCUT2D eigenvalue weighted by Crippen LogP contribution is 2.47. The Labute approximate surface area is 223 Å². The van der Waals surface area contributed by atoms with Crippen LogP contribution in [-0.4, -0.2) is 24.8 Å². The summed E-state index contributed by atoms with van der Waals surface area (Å²) in [5, 5.41) is 3.56. The summed E-state index contributed by atoms with van der Waals surface area (Å²) in [6.45, 7) is 4.03. The number of hydrogen-bond donors (Lipinski definition) is 1. The van der Waals surface area contributed by atoms with Gasteiger partial charge >= 0.3 is 5.97 Å². The van der Waals surface area contributed by atoms with Crippen LogP contribution in [-0.2, 0) is 14.3 Å². The third-order valence-electron chi connectivity index (χ3n) is 7.26. The van der Waals surface area contributed by atoms with E-state index in [1.54, 1.807) is 17.0 Å². The number of fused-ring (bicyclic) bond motifs is 1. The maximum Gasteiger partial charge on any atom is 0.337 e. The number of methoxy groups -OCH3 is 1. The first-order chi connectivity index (χ1) is 18.4. The molecule has 6 heteroatoms. The first-order valence-corrected chi connectivity index (χ1v) is 13.0. The Morgan fingerprint density at radius 3 is 2.29 bits per heavy atom. The van der Waals surface area contributed by atoms with Gasteiger partial charge in [-0.2, -0.15) is 0 Å². The summed E-state index contributed by atoms with van der Waals surface area (Å²) in [5.74, 6) is -0.280. The van der Waals surface area contributed by atoms with Crippen LogP contribution < -0.4 is 10.2 Å². The third-order valence-corrected chi connectivity index (χ3v) is 7.26. The quantitative estimate of drug-likeness (QED) is 0.403. The summed E-state index contributed by atoms with van der Waals surface area (Å²) in [7, 11) is 1.34. The Morgan fingerprint density at radius 2 is 1.61 bits per heavy atom. The van der Waals surface area contributed by atoms with Crippen LogP contribution in [0.25, 0.3) is 0 Å². The Balaban J connectivity index is 1.69. The second-order valence-corrected chi connectivity index (χ2v) is 10.4. The second kappa shape index (κ2) is 10.7. The number of allylic oxidation sites excluding steroid dienone is 1. The van der Waals surface area contributed by atoms with E-state index in [0.717, 1.165) is 28.2 Å². The lowest BCUT2D eigenvalue weighted by molar-refractivity contribution is -0.119. The lowest BCUT2D eigenvalue weighted by atomic mass is 9.78. The number of esters is 1. The summed E-state index contributed by atoms with van der Waals surface area (Å²) in [6.07, 6.45) is 1.36. The van der Waals surface area contributed by atoms with Crippen LogP contribution in [0.15, 0.2) is 90.1 Å². The molecule has 1 aliphatic heterocycles. The molecule has 1 heterocycles. The number of benzene rings is 3. The lowest BCUT2D eigenvalue weighted by Gasteiger charge is -2.35. The van der Waals surface area contributed by atoms with E-state index >= 15 is 0 Å². The lowest BCUT2D eigenvalue weighted by Crippen LogP contribution is -2.39. The summed E-state index contributed by atoms with van der Waals surface area (Å²) in [6, 6.07) is 24.2. The molecule has 194 valence electrons. The minimum absolute atomic E-state index is 0.0183. The van der Waals surface area contributed by atoms with E-state index in [4.69, 9.17) is 4.74 Å². The van der Waals surface area contributed by atoms with Crippen molar-refractivity contribution in [3.63, 3.8) is 0 Å². The number of amides is 1. The van der Waals surface area contributed by atoms with E-state index in [2.05, 4.69) is 17.4 Å². The maximum atomic E-state index is 14.0. The Hall–Kier alpha value is -4.19. The molecule has 0 radical (unpaired) electrons. The molecule has 2 atom stereocenters. The first-order valence-electron chi connectivity index (χ1n) is 13.0. The van der Waals surface area contributed by atoms with Crippen molar-refractivity contribution < 1.29 is 19.1 Å². The highest BCUT2D eigenvalue weighted by molar-refractivity contribution is 6.06. The molecule has 6 nitrogen and oxygen atoms in total. The van der Waals surface area contributed by atoms with Crippen molar-refractivity contribution in [1.29, 1.82) is 0 Å². The van der Waals surface area contributed by atoms with Crippen molar-refractivity contribution in [1.82, 2.24) is 0 Å². The number of nitrogens with one attached hydrogen (secondary N) is 1. The summed E-state index contributed by atoms with van der Waals surface area (Å²) in [5.41, 5.74) is 5.29. The highest BCUT2D eigenvalue weighted by atomic mass is 16.5.